The highest BCUT2D eigenvalue weighted by Crippen LogP contribution is 2.34. The summed E-state index contributed by atoms with van der Waals surface area (Å²) in [7, 11) is 0.185. The molecule has 1 aromatic heterocycles. The lowest BCUT2D eigenvalue weighted by molar-refractivity contribution is -0.121. The first-order chi connectivity index (χ1) is 18.8. The maximum Gasteiger partial charge on any atom is 0.456 e. The van der Waals surface area contributed by atoms with E-state index < -0.39 is 13.2 Å². The first-order valence-electron chi connectivity index (χ1n) is 12.5. The Balaban J connectivity index is 1.48. The van der Waals surface area contributed by atoms with Gasteiger partial charge in [0.2, 0.25) is 5.91 Å². The molecule has 1 aliphatic heterocycles. The van der Waals surface area contributed by atoms with Gasteiger partial charge in [-0.3, -0.25) is 14.4 Å². The molecule has 5 rings (SSSR count). The van der Waals surface area contributed by atoms with Crippen LogP contribution in [0, 0.1) is 6.92 Å². The molecule has 0 spiro atoms. The third-order valence-corrected chi connectivity index (χ3v) is 6.78. The Bertz CT molecular complexity index is 1540. The number of hydrogen-bond donors (Lipinski definition) is 3. The second-order valence-corrected chi connectivity index (χ2v) is 9.75. The number of aryl methyl sites for hydroxylation is 1. The van der Waals surface area contributed by atoms with E-state index >= 15 is 0 Å². The molecule has 0 radical (unpaired) electrons. The number of ether oxygens (including phenoxy) is 1. The van der Waals surface area contributed by atoms with Crippen molar-refractivity contribution in [1.29, 1.82) is 0 Å². The quantitative estimate of drug-likeness (QED) is 0.293. The number of carbonyl (C=O) groups is 1. The minimum atomic E-state index is -1.43. The standard InChI is InChI=1S/C28H27BClN5O4/c1-17-33-34-28-24(14-26(36)31-16-19-5-3-4-18(12-19)15-29(37)38)32-27(20-6-8-21(30)9-7-20)23-13-22(39-2)10-11-25(23)35(17)28/h3-13,24,37-38H,14-16H2,1-2H3,(H,31,36)/t24-/m0/s1. The van der Waals surface area contributed by atoms with Crippen LogP contribution in [-0.2, 0) is 17.7 Å². The molecule has 198 valence electrons. The average Bonchev–Trinajstić information content (AvgIpc) is 3.24. The fourth-order valence-corrected chi connectivity index (χ4v) is 4.83. The van der Waals surface area contributed by atoms with E-state index in [9.17, 15) is 14.8 Å². The summed E-state index contributed by atoms with van der Waals surface area (Å²) in [5, 5.41) is 30.8. The van der Waals surface area contributed by atoms with Gasteiger partial charge in [0.25, 0.3) is 0 Å². The number of methoxy groups -OCH3 is 1. The molecule has 1 aliphatic rings. The van der Waals surface area contributed by atoms with E-state index in [1.165, 1.54) is 0 Å². The Kier molecular flexibility index (Phi) is 7.78. The van der Waals surface area contributed by atoms with Gasteiger partial charge >= 0.3 is 7.12 Å². The summed E-state index contributed by atoms with van der Waals surface area (Å²) in [6.07, 6.45) is 0.168. The zero-order valence-corrected chi connectivity index (χ0v) is 22.3. The molecule has 0 aliphatic carbocycles. The van der Waals surface area contributed by atoms with Crippen LogP contribution in [0.2, 0.25) is 5.02 Å². The van der Waals surface area contributed by atoms with Gasteiger partial charge in [0.15, 0.2) is 5.82 Å². The molecule has 4 aromatic rings. The number of aliphatic imine (C=N–C) groups is 1. The van der Waals surface area contributed by atoms with Crippen molar-refractivity contribution in [2.24, 2.45) is 4.99 Å². The Labute approximate surface area is 231 Å². The van der Waals surface area contributed by atoms with Crippen molar-refractivity contribution in [2.75, 3.05) is 7.11 Å². The van der Waals surface area contributed by atoms with Gasteiger partial charge in [0.05, 0.1) is 24.9 Å². The van der Waals surface area contributed by atoms with Crippen LogP contribution >= 0.6 is 11.6 Å². The van der Waals surface area contributed by atoms with E-state index in [1.807, 2.05) is 66.1 Å². The number of nitrogens with one attached hydrogen (secondary N) is 1. The highest BCUT2D eigenvalue weighted by molar-refractivity contribution is 6.40. The molecule has 0 bridgehead atoms. The van der Waals surface area contributed by atoms with Crippen LogP contribution < -0.4 is 10.1 Å². The van der Waals surface area contributed by atoms with Crippen molar-refractivity contribution >= 4 is 30.3 Å². The monoisotopic (exact) mass is 543 g/mol. The van der Waals surface area contributed by atoms with Crippen LogP contribution in [-0.4, -0.2) is 50.7 Å². The summed E-state index contributed by atoms with van der Waals surface area (Å²) in [5.74, 6) is 1.71. The third-order valence-electron chi connectivity index (χ3n) is 6.53. The number of nitrogens with zero attached hydrogens (tertiary/aromatic N) is 4. The Morgan fingerprint density at radius 2 is 1.85 bits per heavy atom. The maximum absolute atomic E-state index is 13.2. The number of hydrogen-bond acceptors (Lipinski definition) is 7. The largest absolute Gasteiger partial charge is 0.497 e. The number of rotatable bonds is 8. The van der Waals surface area contributed by atoms with E-state index in [4.69, 9.17) is 21.3 Å². The molecule has 11 heteroatoms. The van der Waals surface area contributed by atoms with Crippen molar-refractivity contribution in [2.45, 2.75) is 32.3 Å². The van der Waals surface area contributed by atoms with Gasteiger partial charge in [-0.05, 0) is 48.4 Å². The number of fused-ring (bicyclic) bond motifs is 3. The Morgan fingerprint density at radius 1 is 1.08 bits per heavy atom. The van der Waals surface area contributed by atoms with Gasteiger partial charge in [-0.1, -0.05) is 48.0 Å². The number of amides is 1. The molecule has 9 nitrogen and oxygen atoms in total. The first-order valence-corrected chi connectivity index (χ1v) is 12.8. The lowest BCUT2D eigenvalue weighted by Crippen LogP contribution is -2.25. The first kappa shape index (κ1) is 26.6. The van der Waals surface area contributed by atoms with Gasteiger partial charge in [0.1, 0.15) is 17.6 Å². The van der Waals surface area contributed by atoms with Gasteiger partial charge < -0.3 is 20.1 Å². The van der Waals surface area contributed by atoms with E-state index in [-0.39, 0.29) is 25.2 Å². The molecule has 39 heavy (non-hydrogen) atoms. The summed E-state index contributed by atoms with van der Waals surface area (Å²) in [5.41, 5.74) is 4.83. The molecule has 1 atom stereocenters. The highest BCUT2D eigenvalue weighted by Gasteiger charge is 2.30. The zero-order valence-electron chi connectivity index (χ0n) is 21.5. The van der Waals surface area contributed by atoms with Crippen LogP contribution in [0.4, 0.5) is 0 Å². The molecule has 0 unspecified atom stereocenters. The topological polar surface area (TPSA) is 122 Å². The van der Waals surface area contributed by atoms with Crippen LogP contribution in [0.5, 0.6) is 5.75 Å². The summed E-state index contributed by atoms with van der Waals surface area (Å²) < 4.78 is 7.44. The number of carbonyl (C=O) groups excluding carboxylic acids is 1. The minimum absolute atomic E-state index is 0.0510. The molecule has 1 amide bonds. The molecule has 3 aromatic carbocycles. The van der Waals surface area contributed by atoms with Crippen LogP contribution in [0.1, 0.15) is 46.4 Å². The molecular weight excluding hydrogens is 517 g/mol. The molecule has 2 heterocycles. The number of benzene rings is 3. The molecule has 0 saturated heterocycles. The van der Waals surface area contributed by atoms with Crippen LogP contribution in [0.3, 0.4) is 0 Å². The van der Waals surface area contributed by atoms with Crippen LogP contribution in [0.25, 0.3) is 5.69 Å². The summed E-state index contributed by atoms with van der Waals surface area (Å²) in [6.45, 7) is 2.16. The summed E-state index contributed by atoms with van der Waals surface area (Å²) >= 11 is 6.16. The average molecular weight is 544 g/mol. The predicted molar refractivity (Wildman–Crippen MR) is 149 cm³/mol. The lowest BCUT2D eigenvalue weighted by Gasteiger charge is -2.14. The fraction of sp³-hybridized carbons (Fsp3) is 0.214. The van der Waals surface area contributed by atoms with Crippen molar-refractivity contribution in [3.05, 3.63) is 106 Å². The number of halogens is 1. The SMILES string of the molecule is COc1ccc2c(c1)C(c1ccc(Cl)cc1)=N[C@@H](CC(=O)NCc1cccc(CB(O)O)c1)c1nnc(C)n1-2. The molecular formula is C28H27BClN5O4. The normalized spacial score (nSPS) is 14.1. The van der Waals surface area contributed by atoms with Gasteiger partial charge in [-0.15, -0.1) is 10.2 Å². The van der Waals surface area contributed by atoms with Crippen molar-refractivity contribution in [3.63, 3.8) is 0 Å². The van der Waals surface area contributed by atoms with Crippen molar-refractivity contribution < 1.29 is 19.6 Å². The highest BCUT2D eigenvalue weighted by atomic mass is 35.5. The zero-order chi connectivity index (χ0) is 27.5. The van der Waals surface area contributed by atoms with Crippen molar-refractivity contribution in [1.82, 2.24) is 20.1 Å². The minimum Gasteiger partial charge on any atom is -0.497 e. The molecule has 3 N–H and O–H groups in total. The smallest absolute Gasteiger partial charge is 0.456 e. The number of aromatic nitrogens is 3. The fourth-order valence-electron chi connectivity index (χ4n) is 4.70. The second kappa shape index (κ2) is 11.4. The van der Waals surface area contributed by atoms with E-state index in [2.05, 4.69) is 15.5 Å². The second-order valence-electron chi connectivity index (χ2n) is 9.31. The Hall–Kier alpha value is -3.99. The van der Waals surface area contributed by atoms with E-state index in [1.54, 1.807) is 19.2 Å². The van der Waals surface area contributed by atoms with E-state index in [0.29, 0.717) is 28.1 Å². The lowest BCUT2D eigenvalue weighted by atomic mass is 9.82. The van der Waals surface area contributed by atoms with Gasteiger partial charge in [0, 0.05) is 29.0 Å². The summed E-state index contributed by atoms with van der Waals surface area (Å²) in [6, 6.07) is 19.9. The Morgan fingerprint density at radius 3 is 2.59 bits per heavy atom. The van der Waals surface area contributed by atoms with E-state index in [0.717, 1.165) is 27.9 Å². The third kappa shape index (κ3) is 5.88. The van der Waals surface area contributed by atoms with Crippen molar-refractivity contribution in [3.8, 4) is 11.4 Å². The van der Waals surface area contributed by atoms with Gasteiger partial charge in [-0.2, -0.15) is 0 Å². The van der Waals surface area contributed by atoms with Crippen LogP contribution in [0.15, 0.2) is 71.7 Å². The molecule has 0 fully saturated rings. The van der Waals surface area contributed by atoms with Gasteiger partial charge in [-0.25, -0.2) is 0 Å². The maximum atomic E-state index is 13.2. The summed E-state index contributed by atoms with van der Waals surface area (Å²) in [4.78, 5) is 18.2. The predicted octanol–water partition coefficient (Wildman–Crippen LogP) is 3.39. The molecule has 0 saturated carbocycles.